The summed E-state index contributed by atoms with van der Waals surface area (Å²) in [5.41, 5.74) is 5.08. The molecule has 2 atom stereocenters. The predicted molar refractivity (Wildman–Crippen MR) is 174 cm³/mol. The van der Waals surface area contributed by atoms with Gasteiger partial charge in [-0.15, -0.1) is 0 Å². The first-order valence-corrected chi connectivity index (χ1v) is 15.8. The number of β-amino-alcohol motifs (C(OH)–C–C–N with tert-alkyl or cyclic N) is 1. The van der Waals surface area contributed by atoms with Gasteiger partial charge in [0.25, 0.3) is 5.56 Å². The van der Waals surface area contributed by atoms with E-state index in [-0.39, 0.29) is 47.9 Å². The Labute approximate surface area is 275 Å². The number of benzene rings is 2. The smallest absolute Gasteiger partial charge is 0.280 e. The van der Waals surface area contributed by atoms with Crippen molar-refractivity contribution in [3.05, 3.63) is 92.4 Å². The lowest BCUT2D eigenvalue weighted by Crippen LogP contribution is -2.22. The van der Waals surface area contributed by atoms with E-state index in [1.807, 2.05) is 42.5 Å². The summed E-state index contributed by atoms with van der Waals surface area (Å²) in [4.78, 5) is 24.3. The zero-order valence-corrected chi connectivity index (χ0v) is 26.4. The Morgan fingerprint density at radius 1 is 1.11 bits per heavy atom. The summed E-state index contributed by atoms with van der Waals surface area (Å²) < 4.78 is 19.2. The second-order valence-corrected chi connectivity index (χ2v) is 12.1. The van der Waals surface area contributed by atoms with Gasteiger partial charge in [-0.1, -0.05) is 41.9 Å². The van der Waals surface area contributed by atoms with Gasteiger partial charge in [-0.2, -0.15) is 10.2 Å². The van der Waals surface area contributed by atoms with Gasteiger partial charge in [-0.25, -0.2) is 4.98 Å². The number of nitriles is 1. The molecule has 7 rings (SSSR count). The summed E-state index contributed by atoms with van der Waals surface area (Å²) in [5.74, 6) is 1.11. The van der Waals surface area contributed by atoms with Gasteiger partial charge in [0, 0.05) is 49.6 Å². The van der Waals surface area contributed by atoms with Gasteiger partial charge < -0.3 is 28.7 Å². The van der Waals surface area contributed by atoms with Crippen LogP contribution in [-0.2, 0) is 19.5 Å². The number of pyridine rings is 2. The summed E-state index contributed by atoms with van der Waals surface area (Å²) >= 11 is 7.03. The lowest BCUT2D eigenvalue weighted by atomic mass is 9.95. The number of hydrogen-bond acceptors (Lipinski definition) is 10. The van der Waals surface area contributed by atoms with Crippen LogP contribution in [0.2, 0.25) is 5.02 Å². The third-order valence-corrected chi connectivity index (χ3v) is 9.24. The van der Waals surface area contributed by atoms with Crippen LogP contribution in [-0.4, -0.2) is 62.6 Å². The highest BCUT2D eigenvalue weighted by Gasteiger charge is 2.29. The minimum atomic E-state index is -0.463. The van der Waals surface area contributed by atoms with E-state index in [1.165, 1.54) is 10.8 Å². The van der Waals surface area contributed by atoms with Gasteiger partial charge in [-0.05, 0) is 48.1 Å². The lowest BCUT2D eigenvalue weighted by Gasteiger charge is -2.19. The molecule has 1 aliphatic carbocycles. The van der Waals surface area contributed by atoms with Crippen molar-refractivity contribution in [1.82, 2.24) is 19.4 Å². The highest BCUT2D eigenvalue weighted by atomic mass is 35.5. The van der Waals surface area contributed by atoms with Crippen LogP contribution < -0.4 is 15.0 Å². The maximum Gasteiger partial charge on any atom is 0.280 e. The fraction of sp³-hybridized carbons (Fsp3) is 0.314. The van der Waals surface area contributed by atoms with Gasteiger partial charge in [0.1, 0.15) is 17.7 Å². The number of fused-ring (bicyclic) bond motifs is 2. The van der Waals surface area contributed by atoms with E-state index in [0.29, 0.717) is 35.4 Å². The molecule has 0 spiro atoms. The molecule has 11 nitrogen and oxygen atoms in total. The fourth-order valence-corrected chi connectivity index (χ4v) is 6.89. The number of ether oxygens (including phenoxy) is 2. The maximum atomic E-state index is 13.0. The second kappa shape index (κ2) is 12.8. The molecule has 2 aliphatic rings. The monoisotopic (exact) mass is 653 g/mol. The summed E-state index contributed by atoms with van der Waals surface area (Å²) in [5, 5.41) is 29.3. The van der Waals surface area contributed by atoms with E-state index in [9.17, 15) is 20.3 Å². The number of methoxy groups -OCH3 is 1. The number of halogens is 1. The van der Waals surface area contributed by atoms with Crippen molar-refractivity contribution in [1.29, 1.82) is 5.26 Å². The topological polar surface area (TPSA) is 147 Å². The Bertz CT molecular complexity index is 2090. The van der Waals surface area contributed by atoms with E-state index in [0.717, 1.165) is 53.6 Å². The summed E-state index contributed by atoms with van der Waals surface area (Å²) in [6.45, 7) is 1.89. The largest absolute Gasteiger partial charge is 0.481 e. The standard InChI is InChI=1S/C35H32ClN5O6/c1-45-33-20(17-40-13-12-22(43)19-40)8-11-29(38-33)46-28-10-9-24-23(4-2-5-25(24)28)26-6-3-7-27(30(26)36)34-39-31-32(47-34)21(16-37)18-41(14-15-42)35(31)44/h2-8,11,18,22,28,42-43H,9-10,12-15,17,19H2,1H3/t22-,28+/m1/s1. The molecule has 12 heteroatoms. The van der Waals surface area contributed by atoms with Gasteiger partial charge in [-0.3, -0.25) is 9.69 Å². The zero-order chi connectivity index (χ0) is 32.7. The van der Waals surface area contributed by atoms with Gasteiger partial charge >= 0.3 is 0 Å². The molecule has 1 aliphatic heterocycles. The second-order valence-electron chi connectivity index (χ2n) is 11.8. The maximum absolute atomic E-state index is 13.0. The Morgan fingerprint density at radius 3 is 2.68 bits per heavy atom. The van der Waals surface area contributed by atoms with E-state index in [4.69, 9.17) is 25.5 Å². The summed E-state index contributed by atoms with van der Waals surface area (Å²) in [6, 6.07) is 17.5. The highest BCUT2D eigenvalue weighted by molar-refractivity contribution is 6.36. The number of oxazole rings is 1. The number of rotatable bonds is 9. The van der Waals surface area contributed by atoms with Crippen molar-refractivity contribution in [2.24, 2.45) is 0 Å². The van der Waals surface area contributed by atoms with Crippen molar-refractivity contribution in [3.8, 4) is 40.4 Å². The first-order chi connectivity index (χ1) is 22.9. The fourth-order valence-electron chi connectivity index (χ4n) is 6.58. The molecular weight excluding hydrogens is 622 g/mol. The van der Waals surface area contributed by atoms with E-state index in [2.05, 4.69) is 20.9 Å². The number of hydrogen-bond donors (Lipinski definition) is 2. The van der Waals surface area contributed by atoms with Crippen molar-refractivity contribution in [3.63, 3.8) is 0 Å². The highest BCUT2D eigenvalue weighted by Crippen LogP contribution is 2.44. The SMILES string of the molecule is COc1nc(O[C@H]2CCc3c(-c4cccc(-c5nc6c(=O)n(CCO)cc(C#N)c6o5)c4Cl)cccc32)ccc1CN1CC[C@@H](O)C1. The van der Waals surface area contributed by atoms with Crippen LogP contribution in [0.15, 0.2) is 63.9 Å². The van der Waals surface area contributed by atoms with Crippen molar-refractivity contribution in [2.75, 3.05) is 26.8 Å². The average Bonchev–Trinajstić information content (AvgIpc) is 3.82. The molecule has 1 saturated heterocycles. The molecule has 5 aromatic rings. The minimum Gasteiger partial charge on any atom is -0.481 e. The molecule has 47 heavy (non-hydrogen) atoms. The Hall–Kier alpha value is -4.73. The molecule has 0 unspecified atom stereocenters. The number of likely N-dealkylation sites (tertiary alicyclic amines) is 1. The zero-order valence-electron chi connectivity index (χ0n) is 25.6. The third-order valence-electron chi connectivity index (χ3n) is 8.83. The molecule has 2 N–H and O–H groups in total. The molecule has 4 heterocycles. The molecule has 0 bridgehead atoms. The Kier molecular flexibility index (Phi) is 8.42. The molecule has 240 valence electrons. The van der Waals surface area contributed by atoms with E-state index in [1.54, 1.807) is 13.2 Å². The van der Waals surface area contributed by atoms with Crippen molar-refractivity contribution >= 4 is 22.7 Å². The van der Waals surface area contributed by atoms with Crippen LogP contribution in [0.4, 0.5) is 0 Å². The molecule has 3 aromatic heterocycles. The first kappa shape index (κ1) is 30.9. The van der Waals surface area contributed by atoms with Crippen LogP contribution in [0, 0.1) is 11.3 Å². The number of aliphatic hydroxyl groups is 2. The molecular formula is C35H32ClN5O6. The molecule has 2 aromatic carbocycles. The van der Waals surface area contributed by atoms with Crippen LogP contribution in [0.25, 0.3) is 33.7 Å². The number of aromatic nitrogens is 3. The quantitative estimate of drug-likeness (QED) is 0.226. The van der Waals surface area contributed by atoms with Crippen molar-refractivity contribution < 1.29 is 24.1 Å². The Morgan fingerprint density at radius 2 is 1.91 bits per heavy atom. The molecule has 0 radical (unpaired) electrons. The Balaban J connectivity index is 1.18. The van der Waals surface area contributed by atoms with E-state index >= 15 is 0 Å². The van der Waals surface area contributed by atoms with Crippen LogP contribution >= 0.6 is 11.6 Å². The molecule has 0 amide bonds. The van der Waals surface area contributed by atoms with Gasteiger partial charge in [0.05, 0.1) is 30.4 Å². The van der Waals surface area contributed by atoms with Gasteiger partial charge in [0.2, 0.25) is 17.7 Å². The van der Waals surface area contributed by atoms with Crippen LogP contribution in [0.3, 0.4) is 0 Å². The lowest BCUT2D eigenvalue weighted by molar-refractivity contribution is 0.174. The summed E-state index contributed by atoms with van der Waals surface area (Å²) in [7, 11) is 1.60. The summed E-state index contributed by atoms with van der Waals surface area (Å²) in [6.07, 6.45) is 3.14. The number of aliphatic hydroxyl groups excluding tert-OH is 2. The third kappa shape index (κ3) is 5.74. The van der Waals surface area contributed by atoms with Crippen LogP contribution in [0.1, 0.15) is 41.2 Å². The first-order valence-electron chi connectivity index (χ1n) is 15.5. The average molecular weight is 654 g/mol. The number of nitrogens with zero attached hydrogens (tertiary/aromatic N) is 5. The van der Waals surface area contributed by atoms with Gasteiger partial charge in [0.15, 0.2) is 11.1 Å². The minimum absolute atomic E-state index is 0.00248. The van der Waals surface area contributed by atoms with Crippen LogP contribution in [0.5, 0.6) is 11.8 Å². The molecule has 1 fully saturated rings. The van der Waals surface area contributed by atoms with E-state index < -0.39 is 5.56 Å². The normalized spacial score (nSPS) is 17.6. The predicted octanol–water partition coefficient (Wildman–Crippen LogP) is 4.88. The molecule has 0 saturated carbocycles. The van der Waals surface area contributed by atoms with Crippen molar-refractivity contribution in [2.45, 2.75) is 44.6 Å².